The van der Waals surface area contributed by atoms with E-state index in [9.17, 15) is 4.79 Å². The van der Waals surface area contributed by atoms with Crippen molar-refractivity contribution in [3.8, 4) is 5.69 Å². The summed E-state index contributed by atoms with van der Waals surface area (Å²) in [6.07, 6.45) is 1.52. The molecule has 0 aliphatic heterocycles. The fourth-order valence-electron chi connectivity index (χ4n) is 3.28. The van der Waals surface area contributed by atoms with Crippen molar-refractivity contribution in [1.82, 2.24) is 15.0 Å². The summed E-state index contributed by atoms with van der Waals surface area (Å²) < 4.78 is 2.14. The zero-order valence-corrected chi connectivity index (χ0v) is 16.3. The summed E-state index contributed by atoms with van der Waals surface area (Å²) >= 11 is 6.34. The molecule has 140 valence electrons. The number of halogens is 1. The normalized spacial score (nSPS) is 11.4. The summed E-state index contributed by atoms with van der Waals surface area (Å²) in [7, 11) is 0. The molecule has 0 spiro atoms. The van der Waals surface area contributed by atoms with Crippen molar-refractivity contribution < 1.29 is 4.79 Å². The van der Waals surface area contributed by atoms with E-state index in [0.717, 1.165) is 28.0 Å². The van der Waals surface area contributed by atoms with Gasteiger partial charge in [0, 0.05) is 33.5 Å². The van der Waals surface area contributed by atoms with E-state index in [0.29, 0.717) is 16.3 Å². The fourth-order valence-corrected chi connectivity index (χ4v) is 3.54. The van der Waals surface area contributed by atoms with Crippen molar-refractivity contribution in [2.24, 2.45) is 5.10 Å². The molecule has 0 unspecified atom stereocenters. The van der Waals surface area contributed by atoms with Crippen LogP contribution < -0.4 is 5.43 Å². The Morgan fingerprint density at radius 2 is 1.71 bits per heavy atom. The zero-order valence-electron chi connectivity index (χ0n) is 15.5. The Bertz CT molecular complexity index is 1170. The number of para-hydroxylation sites is 1. The number of hydrogen-bond acceptors (Lipinski definition) is 2. The number of rotatable bonds is 4. The van der Waals surface area contributed by atoms with Gasteiger partial charge in [-0.05, 0) is 56.3 Å². The lowest BCUT2D eigenvalue weighted by Gasteiger charge is -2.10. The van der Waals surface area contributed by atoms with Crippen molar-refractivity contribution in [3.63, 3.8) is 0 Å². The van der Waals surface area contributed by atoms with E-state index >= 15 is 0 Å². The number of benzene rings is 2. The second kappa shape index (κ2) is 7.37. The Morgan fingerprint density at radius 1 is 1.04 bits per heavy atom. The number of carbonyl (C=O) groups excluding carboxylic acids is 1. The van der Waals surface area contributed by atoms with Gasteiger partial charge in [0.15, 0.2) is 0 Å². The molecule has 6 heteroatoms. The predicted octanol–water partition coefficient (Wildman–Crippen LogP) is 4.99. The van der Waals surface area contributed by atoms with Crippen molar-refractivity contribution in [3.05, 3.63) is 88.3 Å². The molecule has 28 heavy (non-hydrogen) atoms. The minimum Gasteiger partial charge on any atom is -0.352 e. The first kappa shape index (κ1) is 18.1. The largest absolute Gasteiger partial charge is 0.352 e. The summed E-state index contributed by atoms with van der Waals surface area (Å²) in [6, 6.07) is 19.3. The highest BCUT2D eigenvalue weighted by Crippen LogP contribution is 2.25. The lowest BCUT2D eigenvalue weighted by molar-refractivity contribution is 0.0955. The van der Waals surface area contributed by atoms with E-state index in [-0.39, 0.29) is 5.91 Å². The van der Waals surface area contributed by atoms with Crippen LogP contribution in [0, 0.1) is 13.8 Å². The van der Waals surface area contributed by atoms with E-state index in [4.69, 9.17) is 11.6 Å². The van der Waals surface area contributed by atoms with Gasteiger partial charge < -0.3 is 9.55 Å². The number of amides is 1. The molecular weight excluding hydrogens is 372 g/mol. The first-order valence-corrected chi connectivity index (χ1v) is 9.27. The van der Waals surface area contributed by atoms with E-state index in [1.54, 1.807) is 12.1 Å². The van der Waals surface area contributed by atoms with E-state index in [1.165, 1.54) is 6.21 Å². The maximum absolute atomic E-state index is 12.3. The van der Waals surface area contributed by atoms with Gasteiger partial charge in [0.2, 0.25) is 0 Å². The third kappa shape index (κ3) is 3.32. The molecular formula is C22H19ClN4O. The van der Waals surface area contributed by atoms with Crippen molar-refractivity contribution in [2.75, 3.05) is 0 Å². The summed E-state index contributed by atoms with van der Waals surface area (Å²) in [5.41, 5.74) is 7.96. The van der Waals surface area contributed by atoms with E-state index in [1.807, 2.05) is 36.4 Å². The number of carbonyl (C=O) groups is 1. The standard InChI is InChI=1S/C22H19ClN4O/c1-14-7-8-15(2)27(14)17-11-9-16(10-12-17)22(28)26-24-13-20-21(23)18-5-3-4-6-19(18)25-20/h3-13,25H,1-2H3,(H,26,28)/b24-13+. The van der Waals surface area contributed by atoms with E-state index in [2.05, 4.69) is 46.1 Å². The average molecular weight is 391 g/mol. The molecule has 2 aromatic heterocycles. The maximum Gasteiger partial charge on any atom is 0.271 e. The highest BCUT2D eigenvalue weighted by atomic mass is 35.5. The summed E-state index contributed by atoms with van der Waals surface area (Å²) in [5, 5.41) is 5.53. The predicted molar refractivity (Wildman–Crippen MR) is 114 cm³/mol. The minimum absolute atomic E-state index is 0.281. The van der Waals surface area contributed by atoms with Gasteiger partial charge in [-0.1, -0.05) is 29.8 Å². The Hall–Kier alpha value is -3.31. The third-order valence-corrected chi connectivity index (χ3v) is 5.10. The van der Waals surface area contributed by atoms with Gasteiger partial charge in [-0.25, -0.2) is 5.43 Å². The van der Waals surface area contributed by atoms with Gasteiger partial charge in [0.1, 0.15) is 0 Å². The number of aromatic nitrogens is 2. The van der Waals surface area contributed by atoms with Crippen LogP contribution >= 0.6 is 11.6 Å². The van der Waals surface area contributed by atoms with Crippen LogP contribution in [-0.2, 0) is 0 Å². The SMILES string of the molecule is Cc1ccc(C)n1-c1ccc(C(=O)N/N=C/c2[nH]c3ccccc3c2Cl)cc1. The number of hydrazone groups is 1. The Kier molecular flexibility index (Phi) is 4.75. The number of aryl methyl sites for hydroxylation is 2. The third-order valence-electron chi connectivity index (χ3n) is 4.69. The number of aromatic amines is 1. The highest BCUT2D eigenvalue weighted by Gasteiger charge is 2.09. The molecule has 0 saturated carbocycles. The molecule has 0 aliphatic carbocycles. The number of H-pyrrole nitrogens is 1. The molecule has 4 rings (SSSR count). The summed E-state index contributed by atoms with van der Waals surface area (Å²) in [6.45, 7) is 4.11. The maximum atomic E-state index is 12.3. The Morgan fingerprint density at radius 3 is 2.39 bits per heavy atom. The lowest BCUT2D eigenvalue weighted by atomic mass is 10.2. The average Bonchev–Trinajstić information content (AvgIpc) is 3.21. The second-order valence-electron chi connectivity index (χ2n) is 6.60. The molecule has 0 saturated heterocycles. The number of nitrogens with zero attached hydrogens (tertiary/aromatic N) is 2. The molecule has 4 aromatic rings. The Balaban J connectivity index is 1.47. The first-order chi connectivity index (χ1) is 13.5. The number of fused-ring (bicyclic) bond motifs is 1. The van der Waals surface area contributed by atoms with Crippen molar-refractivity contribution in [2.45, 2.75) is 13.8 Å². The van der Waals surface area contributed by atoms with Gasteiger partial charge in [-0.3, -0.25) is 4.79 Å². The summed E-state index contributed by atoms with van der Waals surface area (Å²) in [5.74, 6) is -0.281. The first-order valence-electron chi connectivity index (χ1n) is 8.89. The molecule has 0 bridgehead atoms. The van der Waals surface area contributed by atoms with Crippen LogP contribution in [0.1, 0.15) is 27.4 Å². The lowest BCUT2D eigenvalue weighted by Crippen LogP contribution is -2.17. The van der Waals surface area contributed by atoms with Crippen LogP contribution in [0.4, 0.5) is 0 Å². The van der Waals surface area contributed by atoms with Gasteiger partial charge in [-0.15, -0.1) is 0 Å². The molecule has 5 nitrogen and oxygen atoms in total. The van der Waals surface area contributed by atoms with Gasteiger partial charge >= 0.3 is 0 Å². The van der Waals surface area contributed by atoms with Gasteiger partial charge in [-0.2, -0.15) is 5.10 Å². The van der Waals surface area contributed by atoms with Gasteiger partial charge in [0.25, 0.3) is 5.91 Å². The quantitative estimate of drug-likeness (QED) is 0.374. The van der Waals surface area contributed by atoms with Crippen LogP contribution in [-0.4, -0.2) is 21.7 Å². The van der Waals surface area contributed by atoms with Crippen LogP contribution in [0.5, 0.6) is 0 Å². The molecule has 2 N–H and O–H groups in total. The number of nitrogens with one attached hydrogen (secondary N) is 2. The molecule has 0 atom stereocenters. The van der Waals surface area contributed by atoms with Crippen LogP contribution in [0.3, 0.4) is 0 Å². The zero-order chi connectivity index (χ0) is 19.7. The van der Waals surface area contributed by atoms with Crippen LogP contribution in [0.15, 0.2) is 65.8 Å². The molecule has 0 fully saturated rings. The monoisotopic (exact) mass is 390 g/mol. The Labute approximate surface area is 167 Å². The second-order valence-corrected chi connectivity index (χ2v) is 6.97. The summed E-state index contributed by atoms with van der Waals surface area (Å²) in [4.78, 5) is 15.5. The minimum atomic E-state index is -0.281. The van der Waals surface area contributed by atoms with Crippen molar-refractivity contribution in [1.29, 1.82) is 0 Å². The molecule has 0 aliphatic rings. The van der Waals surface area contributed by atoms with E-state index < -0.39 is 0 Å². The van der Waals surface area contributed by atoms with Crippen molar-refractivity contribution >= 4 is 34.6 Å². The topological polar surface area (TPSA) is 62.2 Å². The van der Waals surface area contributed by atoms with Crippen LogP contribution in [0.2, 0.25) is 5.02 Å². The van der Waals surface area contributed by atoms with Gasteiger partial charge in [0.05, 0.1) is 16.9 Å². The smallest absolute Gasteiger partial charge is 0.271 e. The molecule has 2 aromatic carbocycles. The highest BCUT2D eigenvalue weighted by molar-refractivity contribution is 6.38. The van der Waals surface area contributed by atoms with Crippen LogP contribution in [0.25, 0.3) is 16.6 Å². The fraction of sp³-hybridized carbons (Fsp3) is 0.0909. The molecule has 1 amide bonds. The number of hydrogen-bond donors (Lipinski definition) is 2. The molecule has 2 heterocycles. The molecule has 0 radical (unpaired) electrons.